The van der Waals surface area contributed by atoms with E-state index in [4.69, 9.17) is 25.8 Å². The Morgan fingerprint density at radius 2 is 1.92 bits per heavy atom. The van der Waals surface area contributed by atoms with Gasteiger partial charge in [0.1, 0.15) is 11.4 Å². The lowest BCUT2D eigenvalue weighted by Gasteiger charge is -2.12. The summed E-state index contributed by atoms with van der Waals surface area (Å²) < 4.78 is 28.3. The molecule has 1 N–H and O–H groups in total. The number of esters is 1. The molecule has 2 aromatic carbocycles. The number of halogens is 2. The van der Waals surface area contributed by atoms with Crippen molar-refractivity contribution in [2.45, 2.75) is 0 Å². The number of amides is 1. The fraction of sp³-hybridized carbons (Fsp3) is 0.176. The molecule has 132 valence electrons. The highest BCUT2D eigenvalue weighted by molar-refractivity contribution is 6.31. The molecule has 0 radical (unpaired) electrons. The van der Waals surface area contributed by atoms with Crippen LogP contribution in [-0.4, -0.2) is 32.7 Å². The van der Waals surface area contributed by atoms with Crippen LogP contribution in [0.3, 0.4) is 0 Å². The normalized spacial score (nSPS) is 10.1. The Morgan fingerprint density at radius 1 is 1.16 bits per heavy atom. The molecule has 0 saturated heterocycles. The third kappa shape index (κ3) is 4.60. The van der Waals surface area contributed by atoms with Crippen LogP contribution in [-0.2, 0) is 9.53 Å². The summed E-state index contributed by atoms with van der Waals surface area (Å²) in [5.74, 6) is -1.37. The molecule has 0 saturated carbocycles. The van der Waals surface area contributed by atoms with Gasteiger partial charge in [0.05, 0.1) is 19.2 Å². The summed E-state index contributed by atoms with van der Waals surface area (Å²) in [5.41, 5.74) is 0.408. The van der Waals surface area contributed by atoms with Gasteiger partial charge in [0.2, 0.25) is 0 Å². The van der Waals surface area contributed by atoms with Gasteiger partial charge < -0.3 is 19.5 Å². The number of carbonyl (C=O) groups is 2. The van der Waals surface area contributed by atoms with E-state index < -0.39 is 24.3 Å². The van der Waals surface area contributed by atoms with Crippen LogP contribution in [0.25, 0.3) is 0 Å². The highest BCUT2D eigenvalue weighted by atomic mass is 35.5. The number of para-hydroxylation sites is 1. The van der Waals surface area contributed by atoms with E-state index in [2.05, 4.69) is 5.32 Å². The lowest BCUT2D eigenvalue weighted by Crippen LogP contribution is -2.21. The highest BCUT2D eigenvalue weighted by Crippen LogP contribution is 2.31. The molecule has 0 spiro atoms. The Bertz CT molecular complexity index is 797. The van der Waals surface area contributed by atoms with Gasteiger partial charge in [0.25, 0.3) is 5.91 Å². The highest BCUT2D eigenvalue weighted by Gasteiger charge is 2.18. The molecule has 2 aromatic rings. The summed E-state index contributed by atoms with van der Waals surface area (Å²) in [4.78, 5) is 24.0. The number of methoxy groups -OCH3 is 2. The Hall–Kier alpha value is -2.80. The molecule has 1 amide bonds. The van der Waals surface area contributed by atoms with Crippen molar-refractivity contribution >= 4 is 29.2 Å². The number of nitrogens with one attached hydrogen (secondary N) is 1. The lowest BCUT2D eigenvalue weighted by molar-refractivity contribution is -0.119. The number of anilines is 1. The Morgan fingerprint density at radius 3 is 2.56 bits per heavy atom. The Kier molecular flexibility index (Phi) is 6.19. The van der Waals surface area contributed by atoms with Gasteiger partial charge >= 0.3 is 5.97 Å². The summed E-state index contributed by atoms with van der Waals surface area (Å²) in [6.07, 6.45) is 0. The van der Waals surface area contributed by atoms with Gasteiger partial charge in [-0.15, -0.1) is 0 Å². The van der Waals surface area contributed by atoms with Gasteiger partial charge in [-0.25, -0.2) is 9.18 Å². The van der Waals surface area contributed by atoms with E-state index in [1.165, 1.54) is 32.4 Å². The molecule has 0 bridgehead atoms. The first-order chi connectivity index (χ1) is 12.0. The summed E-state index contributed by atoms with van der Waals surface area (Å²) in [6, 6.07) is 8.42. The molecule has 2 rings (SSSR count). The largest absolute Gasteiger partial charge is 0.493 e. The summed E-state index contributed by atoms with van der Waals surface area (Å²) in [6.45, 7) is -0.534. The number of hydrogen-bond acceptors (Lipinski definition) is 5. The molecule has 0 fully saturated rings. The van der Waals surface area contributed by atoms with Crippen molar-refractivity contribution in [3.63, 3.8) is 0 Å². The van der Waals surface area contributed by atoms with Crippen molar-refractivity contribution in [1.29, 1.82) is 0 Å². The quantitative estimate of drug-likeness (QED) is 0.793. The first-order valence-electron chi connectivity index (χ1n) is 7.09. The SMILES string of the molecule is COc1cccc(C(=O)OCC(=O)Nc2ccc(F)c(Cl)c2)c1OC. The first kappa shape index (κ1) is 18.5. The Labute approximate surface area is 148 Å². The van der Waals surface area contributed by atoms with Gasteiger partial charge in [-0.05, 0) is 30.3 Å². The summed E-state index contributed by atoms with van der Waals surface area (Å²) in [5, 5.41) is 2.32. The molecule has 25 heavy (non-hydrogen) atoms. The zero-order valence-corrected chi connectivity index (χ0v) is 14.2. The first-order valence-corrected chi connectivity index (χ1v) is 7.47. The van der Waals surface area contributed by atoms with Crippen molar-refractivity contribution in [3.05, 3.63) is 52.8 Å². The van der Waals surface area contributed by atoms with E-state index in [1.54, 1.807) is 12.1 Å². The van der Waals surface area contributed by atoms with E-state index in [0.29, 0.717) is 5.75 Å². The second kappa shape index (κ2) is 8.34. The molecule has 0 aromatic heterocycles. The maximum Gasteiger partial charge on any atom is 0.342 e. The smallest absolute Gasteiger partial charge is 0.342 e. The molecule has 0 unspecified atom stereocenters. The minimum Gasteiger partial charge on any atom is -0.493 e. The molecule has 0 aliphatic rings. The van der Waals surface area contributed by atoms with Crippen molar-refractivity contribution in [1.82, 2.24) is 0 Å². The average molecular weight is 368 g/mol. The molecule has 8 heteroatoms. The number of ether oxygens (including phenoxy) is 3. The maximum absolute atomic E-state index is 13.1. The minimum atomic E-state index is -0.747. The predicted molar refractivity (Wildman–Crippen MR) is 89.9 cm³/mol. The van der Waals surface area contributed by atoms with Crippen LogP contribution in [0.2, 0.25) is 5.02 Å². The van der Waals surface area contributed by atoms with Crippen molar-refractivity contribution in [2.24, 2.45) is 0 Å². The third-order valence-electron chi connectivity index (χ3n) is 3.16. The maximum atomic E-state index is 13.1. The van der Waals surface area contributed by atoms with E-state index in [0.717, 1.165) is 6.07 Å². The van der Waals surface area contributed by atoms with Gasteiger partial charge in [-0.1, -0.05) is 17.7 Å². The van der Waals surface area contributed by atoms with E-state index in [9.17, 15) is 14.0 Å². The van der Waals surface area contributed by atoms with Gasteiger partial charge in [0.15, 0.2) is 18.1 Å². The third-order valence-corrected chi connectivity index (χ3v) is 3.45. The van der Waals surface area contributed by atoms with Crippen LogP contribution >= 0.6 is 11.6 Å². The van der Waals surface area contributed by atoms with E-state index in [1.807, 2.05) is 0 Å². The Balaban J connectivity index is 2.00. The number of benzene rings is 2. The molecular formula is C17H15ClFNO5. The number of rotatable bonds is 6. The second-order valence-electron chi connectivity index (χ2n) is 4.79. The predicted octanol–water partition coefficient (Wildman–Crippen LogP) is 3.29. The molecule has 6 nitrogen and oxygen atoms in total. The van der Waals surface area contributed by atoms with Crippen molar-refractivity contribution in [2.75, 3.05) is 26.1 Å². The van der Waals surface area contributed by atoms with Crippen molar-refractivity contribution < 1.29 is 28.2 Å². The van der Waals surface area contributed by atoms with E-state index >= 15 is 0 Å². The number of hydrogen-bond donors (Lipinski definition) is 1. The van der Waals surface area contributed by atoms with E-state index in [-0.39, 0.29) is 22.0 Å². The summed E-state index contributed by atoms with van der Waals surface area (Å²) in [7, 11) is 2.83. The fourth-order valence-corrected chi connectivity index (χ4v) is 2.21. The number of carbonyl (C=O) groups excluding carboxylic acids is 2. The zero-order chi connectivity index (χ0) is 18.4. The van der Waals surface area contributed by atoms with Crippen LogP contribution < -0.4 is 14.8 Å². The lowest BCUT2D eigenvalue weighted by atomic mass is 10.2. The van der Waals surface area contributed by atoms with Crippen LogP contribution in [0.4, 0.5) is 10.1 Å². The van der Waals surface area contributed by atoms with Crippen LogP contribution in [0.5, 0.6) is 11.5 Å². The second-order valence-corrected chi connectivity index (χ2v) is 5.20. The van der Waals surface area contributed by atoms with Gasteiger partial charge in [0, 0.05) is 5.69 Å². The molecule has 0 aliphatic heterocycles. The molecule has 0 atom stereocenters. The molecule has 0 heterocycles. The van der Waals surface area contributed by atoms with Crippen LogP contribution in [0, 0.1) is 5.82 Å². The van der Waals surface area contributed by atoms with Crippen LogP contribution in [0.15, 0.2) is 36.4 Å². The zero-order valence-electron chi connectivity index (χ0n) is 13.5. The van der Waals surface area contributed by atoms with Gasteiger partial charge in [-0.3, -0.25) is 4.79 Å². The fourth-order valence-electron chi connectivity index (χ4n) is 2.03. The molecule has 0 aliphatic carbocycles. The topological polar surface area (TPSA) is 73.9 Å². The average Bonchev–Trinajstić information content (AvgIpc) is 2.61. The monoisotopic (exact) mass is 367 g/mol. The van der Waals surface area contributed by atoms with Crippen molar-refractivity contribution in [3.8, 4) is 11.5 Å². The molecular weight excluding hydrogens is 353 g/mol. The van der Waals surface area contributed by atoms with Crippen LogP contribution in [0.1, 0.15) is 10.4 Å². The minimum absolute atomic E-state index is 0.125. The van der Waals surface area contributed by atoms with Gasteiger partial charge in [-0.2, -0.15) is 0 Å². The standard InChI is InChI=1S/C17H15ClFNO5/c1-23-14-5-3-4-11(16(14)24-2)17(22)25-9-15(21)20-10-6-7-13(19)12(18)8-10/h3-8H,9H2,1-2H3,(H,20,21). The summed E-state index contributed by atoms with van der Waals surface area (Å²) >= 11 is 5.63.